The summed E-state index contributed by atoms with van der Waals surface area (Å²) in [6.07, 6.45) is 1.54. The summed E-state index contributed by atoms with van der Waals surface area (Å²) in [5, 5.41) is 20.4. The number of carbonyl (C=O) groups excluding carboxylic acids is 3. The van der Waals surface area contributed by atoms with Crippen molar-refractivity contribution < 1.29 is 28.3 Å². The molecule has 174 valence electrons. The lowest BCUT2D eigenvalue weighted by Crippen LogP contribution is -2.28. The van der Waals surface area contributed by atoms with E-state index in [1.807, 2.05) is 0 Å². The van der Waals surface area contributed by atoms with Crippen LogP contribution in [0.1, 0.15) is 20.7 Å². The lowest BCUT2D eigenvalue weighted by Gasteiger charge is -2.11. The molecule has 0 bridgehead atoms. The summed E-state index contributed by atoms with van der Waals surface area (Å²) in [6, 6.07) is 12.0. The van der Waals surface area contributed by atoms with E-state index >= 15 is 0 Å². The second kappa shape index (κ2) is 10.7. The highest BCUT2D eigenvalue weighted by Crippen LogP contribution is 2.24. The van der Waals surface area contributed by atoms with Gasteiger partial charge in [0.15, 0.2) is 0 Å². The predicted octanol–water partition coefficient (Wildman–Crippen LogP) is 4.48. The van der Waals surface area contributed by atoms with Gasteiger partial charge in [0.25, 0.3) is 11.8 Å². The molecular formula is C24H20F2N4O4. The number of hydrogen-bond donors (Lipinski definition) is 5. The third kappa shape index (κ3) is 6.39. The average Bonchev–Trinajstić information content (AvgIpc) is 2.78. The van der Waals surface area contributed by atoms with Crippen molar-refractivity contribution in [2.24, 2.45) is 0 Å². The van der Waals surface area contributed by atoms with Crippen LogP contribution in [0.5, 0.6) is 5.75 Å². The third-order valence-electron chi connectivity index (χ3n) is 4.43. The SMILES string of the molecule is C=CCNC(=O)Nc1ccc(NC(=O)c2ccc(NC(=O)c3cc(F)cc(F)c3)cc2O)cc1. The van der Waals surface area contributed by atoms with Gasteiger partial charge in [-0.2, -0.15) is 0 Å². The van der Waals surface area contributed by atoms with Crippen LogP contribution in [0.25, 0.3) is 0 Å². The van der Waals surface area contributed by atoms with Crippen LogP contribution in [0.2, 0.25) is 0 Å². The molecule has 10 heteroatoms. The number of amides is 4. The van der Waals surface area contributed by atoms with E-state index in [0.717, 1.165) is 18.2 Å². The molecule has 5 N–H and O–H groups in total. The highest BCUT2D eigenvalue weighted by molar-refractivity contribution is 6.08. The number of phenols is 1. The Labute approximate surface area is 193 Å². The standard InChI is InChI=1S/C24H20F2N4O4/c1-2-9-27-24(34)30-18-5-3-17(4-6-18)28-23(33)20-8-7-19(13-21(20)31)29-22(32)14-10-15(25)12-16(26)11-14/h2-8,10-13,31H,1,9H2,(H,28,33)(H,29,32)(H2,27,30,34). The molecule has 3 aromatic carbocycles. The number of aromatic hydroxyl groups is 1. The molecule has 0 aromatic heterocycles. The summed E-state index contributed by atoms with van der Waals surface area (Å²) < 4.78 is 26.6. The molecular weight excluding hydrogens is 446 g/mol. The molecule has 0 atom stereocenters. The van der Waals surface area contributed by atoms with Crippen molar-refractivity contribution >= 4 is 34.9 Å². The highest BCUT2D eigenvalue weighted by atomic mass is 19.1. The van der Waals surface area contributed by atoms with Crippen LogP contribution in [-0.2, 0) is 0 Å². The van der Waals surface area contributed by atoms with Gasteiger partial charge in [-0.05, 0) is 48.5 Å². The molecule has 0 radical (unpaired) electrons. The second-order valence-corrected chi connectivity index (χ2v) is 7.00. The Balaban J connectivity index is 1.63. The zero-order chi connectivity index (χ0) is 24.7. The van der Waals surface area contributed by atoms with Gasteiger partial charge in [0, 0.05) is 41.3 Å². The zero-order valence-electron chi connectivity index (χ0n) is 17.7. The molecule has 3 rings (SSSR count). The highest BCUT2D eigenvalue weighted by Gasteiger charge is 2.15. The van der Waals surface area contributed by atoms with Crippen molar-refractivity contribution in [3.05, 3.63) is 96.1 Å². The fourth-order valence-electron chi connectivity index (χ4n) is 2.87. The van der Waals surface area contributed by atoms with Crippen LogP contribution < -0.4 is 21.3 Å². The topological polar surface area (TPSA) is 120 Å². The fraction of sp³-hybridized carbons (Fsp3) is 0.0417. The molecule has 0 aliphatic heterocycles. The predicted molar refractivity (Wildman–Crippen MR) is 124 cm³/mol. The summed E-state index contributed by atoms with van der Waals surface area (Å²) in [4.78, 5) is 36.3. The maximum atomic E-state index is 13.3. The summed E-state index contributed by atoms with van der Waals surface area (Å²) in [7, 11) is 0. The molecule has 0 heterocycles. The van der Waals surface area contributed by atoms with Gasteiger partial charge < -0.3 is 26.4 Å². The van der Waals surface area contributed by atoms with Crippen molar-refractivity contribution in [1.82, 2.24) is 5.32 Å². The minimum absolute atomic E-state index is 0.0687. The monoisotopic (exact) mass is 466 g/mol. The minimum atomic E-state index is -0.903. The molecule has 0 fully saturated rings. The Kier molecular flexibility index (Phi) is 7.55. The van der Waals surface area contributed by atoms with Gasteiger partial charge in [-0.25, -0.2) is 13.6 Å². The molecule has 8 nitrogen and oxygen atoms in total. The lowest BCUT2D eigenvalue weighted by molar-refractivity contribution is 0.101. The zero-order valence-corrected chi connectivity index (χ0v) is 17.7. The molecule has 0 spiro atoms. The first-order chi connectivity index (χ1) is 16.2. The van der Waals surface area contributed by atoms with Crippen molar-refractivity contribution in [2.75, 3.05) is 22.5 Å². The van der Waals surface area contributed by atoms with Crippen molar-refractivity contribution in [3.63, 3.8) is 0 Å². The molecule has 3 aromatic rings. The third-order valence-corrected chi connectivity index (χ3v) is 4.43. The quantitative estimate of drug-likeness (QED) is 0.330. The first-order valence-corrected chi connectivity index (χ1v) is 9.93. The summed E-state index contributed by atoms with van der Waals surface area (Å²) in [6.45, 7) is 3.82. The molecule has 0 saturated carbocycles. The number of carbonyl (C=O) groups is 3. The number of rotatable bonds is 7. The van der Waals surface area contributed by atoms with E-state index in [2.05, 4.69) is 27.8 Å². The van der Waals surface area contributed by atoms with Crippen LogP contribution in [0.15, 0.2) is 73.3 Å². The Hall–Kier alpha value is -4.73. The van der Waals surface area contributed by atoms with Crippen LogP contribution in [0.4, 0.5) is 30.6 Å². The van der Waals surface area contributed by atoms with E-state index in [9.17, 15) is 28.3 Å². The van der Waals surface area contributed by atoms with Gasteiger partial charge in [-0.1, -0.05) is 6.08 Å². The van der Waals surface area contributed by atoms with Gasteiger partial charge in [0.1, 0.15) is 17.4 Å². The second-order valence-electron chi connectivity index (χ2n) is 7.00. The summed E-state index contributed by atoms with van der Waals surface area (Å²) in [5.41, 5.74) is 0.720. The average molecular weight is 466 g/mol. The van der Waals surface area contributed by atoms with Crippen LogP contribution >= 0.6 is 0 Å². The Morgan fingerprint density at radius 3 is 1.94 bits per heavy atom. The maximum absolute atomic E-state index is 13.3. The normalized spacial score (nSPS) is 10.2. The Morgan fingerprint density at radius 1 is 0.794 bits per heavy atom. The van der Waals surface area contributed by atoms with E-state index < -0.39 is 35.2 Å². The fourth-order valence-corrected chi connectivity index (χ4v) is 2.87. The smallest absolute Gasteiger partial charge is 0.319 e. The van der Waals surface area contributed by atoms with Gasteiger partial charge in [0.05, 0.1) is 5.56 Å². The Bertz CT molecular complexity index is 1230. The number of urea groups is 1. The van der Waals surface area contributed by atoms with Crippen LogP contribution in [0, 0.1) is 11.6 Å². The van der Waals surface area contributed by atoms with Gasteiger partial charge in [-0.3, -0.25) is 9.59 Å². The van der Waals surface area contributed by atoms with Crippen molar-refractivity contribution in [1.29, 1.82) is 0 Å². The van der Waals surface area contributed by atoms with Crippen molar-refractivity contribution in [2.45, 2.75) is 0 Å². The van der Waals surface area contributed by atoms with E-state index in [4.69, 9.17) is 0 Å². The summed E-state index contributed by atoms with van der Waals surface area (Å²) in [5.74, 6) is -3.63. The van der Waals surface area contributed by atoms with Crippen LogP contribution in [-0.4, -0.2) is 29.5 Å². The number of anilines is 3. The number of hydrogen-bond acceptors (Lipinski definition) is 4. The number of benzene rings is 3. The number of phenolic OH excluding ortho intramolecular Hbond substituents is 1. The van der Waals surface area contributed by atoms with E-state index in [1.165, 1.54) is 12.1 Å². The van der Waals surface area contributed by atoms with E-state index in [0.29, 0.717) is 24.0 Å². The van der Waals surface area contributed by atoms with Crippen LogP contribution in [0.3, 0.4) is 0 Å². The van der Waals surface area contributed by atoms with Gasteiger partial charge in [-0.15, -0.1) is 6.58 Å². The number of nitrogens with one attached hydrogen (secondary N) is 4. The molecule has 0 saturated heterocycles. The molecule has 0 unspecified atom stereocenters. The van der Waals surface area contributed by atoms with E-state index in [1.54, 1.807) is 30.3 Å². The maximum Gasteiger partial charge on any atom is 0.319 e. The molecule has 4 amide bonds. The summed E-state index contributed by atoms with van der Waals surface area (Å²) >= 11 is 0. The molecule has 0 aliphatic rings. The number of halogens is 2. The van der Waals surface area contributed by atoms with E-state index in [-0.39, 0.29) is 16.8 Å². The largest absolute Gasteiger partial charge is 0.507 e. The Morgan fingerprint density at radius 2 is 1.35 bits per heavy atom. The van der Waals surface area contributed by atoms with Gasteiger partial charge >= 0.3 is 6.03 Å². The van der Waals surface area contributed by atoms with Crippen molar-refractivity contribution in [3.8, 4) is 5.75 Å². The molecule has 34 heavy (non-hydrogen) atoms. The molecule has 0 aliphatic carbocycles. The minimum Gasteiger partial charge on any atom is -0.507 e. The first kappa shape index (κ1) is 23.9. The first-order valence-electron chi connectivity index (χ1n) is 9.93. The lowest BCUT2D eigenvalue weighted by atomic mass is 10.1. The van der Waals surface area contributed by atoms with Gasteiger partial charge in [0.2, 0.25) is 0 Å².